The van der Waals surface area contributed by atoms with Crippen LogP contribution < -0.4 is 21.1 Å². The second-order valence-corrected chi connectivity index (χ2v) is 5.98. The summed E-state index contributed by atoms with van der Waals surface area (Å²) in [4.78, 5) is 11.4. The number of fused-ring (bicyclic) bond motifs is 1. The van der Waals surface area contributed by atoms with Crippen LogP contribution in [-0.4, -0.2) is 31.3 Å². The smallest absolute Gasteiger partial charge is 0.262 e. The van der Waals surface area contributed by atoms with Gasteiger partial charge in [0.15, 0.2) is 6.61 Å². The lowest BCUT2D eigenvalue weighted by atomic mass is 10.1. The number of nitrogens with two attached hydrogens (primary N) is 1. The molecule has 2 fully saturated rings. The van der Waals surface area contributed by atoms with Crippen molar-refractivity contribution in [2.75, 3.05) is 29.6 Å². The highest BCUT2D eigenvalue weighted by atomic mass is 16.5. The normalized spacial score (nSPS) is 27.7. The van der Waals surface area contributed by atoms with Crippen molar-refractivity contribution in [2.45, 2.75) is 31.4 Å². The van der Waals surface area contributed by atoms with Crippen LogP contribution in [0.5, 0.6) is 5.75 Å². The number of carbonyl (C=O) groups is 1. The van der Waals surface area contributed by atoms with Crippen LogP contribution in [0, 0.1) is 5.92 Å². The predicted octanol–water partition coefficient (Wildman–Crippen LogP) is 1.58. The van der Waals surface area contributed by atoms with Gasteiger partial charge in [-0.3, -0.25) is 4.79 Å². The Morgan fingerprint density at radius 3 is 2.95 bits per heavy atom. The third-order valence-electron chi connectivity index (χ3n) is 4.35. The van der Waals surface area contributed by atoms with E-state index in [-0.39, 0.29) is 24.7 Å². The largest absolute Gasteiger partial charge is 0.482 e. The van der Waals surface area contributed by atoms with Gasteiger partial charge in [-0.2, -0.15) is 0 Å². The number of carbonyl (C=O) groups excluding carboxylic acids is 1. The van der Waals surface area contributed by atoms with Gasteiger partial charge in [0.05, 0.1) is 29.2 Å². The quantitative estimate of drug-likeness (QED) is 0.736. The minimum atomic E-state index is -0.140. The summed E-state index contributed by atoms with van der Waals surface area (Å²) in [5.41, 5.74) is 8.23. The summed E-state index contributed by atoms with van der Waals surface area (Å²) in [7, 11) is 0. The van der Waals surface area contributed by atoms with Gasteiger partial charge in [-0.25, -0.2) is 0 Å². The Bertz CT molecular complexity index is 586. The fraction of sp³-hybridized carbons (Fsp3) is 0.533. The van der Waals surface area contributed by atoms with Crippen LogP contribution in [0.3, 0.4) is 0 Å². The van der Waals surface area contributed by atoms with Crippen molar-refractivity contribution in [2.24, 2.45) is 5.92 Å². The summed E-state index contributed by atoms with van der Waals surface area (Å²) in [6.07, 6.45) is 3.78. The van der Waals surface area contributed by atoms with Crippen molar-refractivity contribution in [1.82, 2.24) is 0 Å². The fourth-order valence-corrected chi connectivity index (χ4v) is 3.12. The first-order valence-electron chi connectivity index (χ1n) is 7.45. The molecule has 112 valence electrons. The van der Waals surface area contributed by atoms with E-state index < -0.39 is 0 Å². The molecule has 1 saturated heterocycles. The van der Waals surface area contributed by atoms with E-state index in [2.05, 4.69) is 10.6 Å². The fourth-order valence-electron chi connectivity index (χ4n) is 3.12. The number of ether oxygens (including phenoxy) is 2. The van der Waals surface area contributed by atoms with Gasteiger partial charge >= 0.3 is 0 Å². The SMILES string of the molecule is Nc1cc2c(cc1NC1CCOC1C1CC1)NC(=O)CO2. The highest BCUT2D eigenvalue weighted by Crippen LogP contribution is 2.41. The van der Waals surface area contributed by atoms with E-state index in [1.165, 1.54) is 12.8 Å². The summed E-state index contributed by atoms with van der Waals surface area (Å²) in [6.45, 7) is 0.836. The lowest BCUT2D eigenvalue weighted by Crippen LogP contribution is -2.31. The molecule has 0 spiro atoms. The summed E-state index contributed by atoms with van der Waals surface area (Å²) in [5, 5.41) is 6.30. The number of nitrogens with one attached hydrogen (secondary N) is 2. The second-order valence-electron chi connectivity index (χ2n) is 5.98. The van der Waals surface area contributed by atoms with E-state index in [4.69, 9.17) is 15.2 Å². The van der Waals surface area contributed by atoms with Crippen molar-refractivity contribution in [3.8, 4) is 5.75 Å². The molecule has 0 aromatic heterocycles. The van der Waals surface area contributed by atoms with Crippen molar-refractivity contribution < 1.29 is 14.3 Å². The third kappa shape index (κ3) is 2.40. The Kier molecular flexibility index (Phi) is 2.92. The maximum absolute atomic E-state index is 11.4. The van der Waals surface area contributed by atoms with Gasteiger partial charge in [0.2, 0.25) is 0 Å². The zero-order chi connectivity index (χ0) is 14.4. The van der Waals surface area contributed by atoms with Gasteiger partial charge in [0.1, 0.15) is 5.75 Å². The Hall–Kier alpha value is -1.95. The third-order valence-corrected chi connectivity index (χ3v) is 4.35. The number of hydrogen-bond donors (Lipinski definition) is 3. The zero-order valence-electron chi connectivity index (χ0n) is 11.7. The van der Waals surface area contributed by atoms with Gasteiger partial charge in [-0.05, 0) is 31.2 Å². The van der Waals surface area contributed by atoms with E-state index >= 15 is 0 Å². The van der Waals surface area contributed by atoms with Gasteiger partial charge in [0, 0.05) is 12.7 Å². The van der Waals surface area contributed by atoms with E-state index in [0.29, 0.717) is 23.0 Å². The Balaban J connectivity index is 1.57. The number of nitrogen functional groups attached to an aromatic ring is 1. The lowest BCUT2D eigenvalue weighted by molar-refractivity contribution is -0.118. The standard InChI is InChI=1S/C15H19N3O3/c16-9-5-13-12(18-14(19)7-21-13)6-11(9)17-10-3-4-20-15(10)8-1-2-8/h5-6,8,10,15,17H,1-4,7,16H2,(H,18,19). The molecule has 2 unspecified atom stereocenters. The molecule has 0 bridgehead atoms. The zero-order valence-corrected chi connectivity index (χ0v) is 11.7. The Morgan fingerprint density at radius 2 is 2.14 bits per heavy atom. The van der Waals surface area contributed by atoms with E-state index in [9.17, 15) is 4.79 Å². The molecule has 3 aliphatic rings. The number of amides is 1. The van der Waals surface area contributed by atoms with Crippen molar-refractivity contribution in [1.29, 1.82) is 0 Å². The molecular formula is C15H19N3O3. The van der Waals surface area contributed by atoms with E-state index in [1.807, 2.05) is 6.07 Å². The summed E-state index contributed by atoms with van der Waals surface area (Å²) in [5.74, 6) is 1.17. The van der Waals surface area contributed by atoms with Crippen LogP contribution in [0.1, 0.15) is 19.3 Å². The monoisotopic (exact) mass is 289 g/mol. The first-order chi connectivity index (χ1) is 10.2. The van der Waals surface area contributed by atoms with Crippen LogP contribution in [0.4, 0.5) is 17.1 Å². The highest BCUT2D eigenvalue weighted by Gasteiger charge is 2.40. The minimum Gasteiger partial charge on any atom is -0.482 e. The van der Waals surface area contributed by atoms with Crippen LogP contribution in [-0.2, 0) is 9.53 Å². The molecule has 21 heavy (non-hydrogen) atoms. The van der Waals surface area contributed by atoms with Gasteiger partial charge < -0.3 is 25.8 Å². The molecule has 1 aliphatic carbocycles. The highest BCUT2D eigenvalue weighted by molar-refractivity contribution is 5.97. The van der Waals surface area contributed by atoms with Gasteiger partial charge in [-0.15, -0.1) is 0 Å². The van der Waals surface area contributed by atoms with E-state index in [0.717, 1.165) is 18.7 Å². The molecule has 6 nitrogen and oxygen atoms in total. The molecule has 6 heteroatoms. The molecule has 1 aromatic carbocycles. The second kappa shape index (κ2) is 4.80. The molecule has 2 heterocycles. The predicted molar refractivity (Wildman–Crippen MR) is 79.5 cm³/mol. The molecular weight excluding hydrogens is 270 g/mol. The molecule has 1 saturated carbocycles. The summed E-state index contributed by atoms with van der Waals surface area (Å²) in [6, 6.07) is 3.90. The van der Waals surface area contributed by atoms with Crippen LogP contribution >= 0.6 is 0 Å². The molecule has 1 aromatic rings. The van der Waals surface area contributed by atoms with E-state index in [1.54, 1.807) is 6.07 Å². The summed E-state index contributed by atoms with van der Waals surface area (Å²) < 4.78 is 11.2. The van der Waals surface area contributed by atoms with Crippen LogP contribution in [0.25, 0.3) is 0 Å². The average molecular weight is 289 g/mol. The molecule has 0 radical (unpaired) electrons. The minimum absolute atomic E-state index is 0.0411. The van der Waals surface area contributed by atoms with Crippen molar-refractivity contribution in [3.05, 3.63) is 12.1 Å². The maximum Gasteiger partial charge on any atom is 0.262 e. The molecule has 4 rings (SSSR count). The molecule has 2 aliphatic heterocycles. The van der Waals surface area contributed by atoms with Crippen LogP contribution in [0.15, 0.2) is 12.1 Å². The molecule has 2 atom stereocenters. The first-order valence-corrected chi connectivity index (χ1v) is 7.45. The number of benzene rings is 1. The Morgan fingerprint density at radius 1 is 1.29 bits per heavy atom. The van der Waals surface area contributed by atoms with Crippen molar-refractivity contribution in [3.63, 3.8) is 0 Å². The maximum atomic E-state index is 11.4. The number of hydrogen-bond acceptors (Lipinski definition) is 5. The molecule has 4 N–H and O–H groups in total. The van der Waals surface area contributed by atoms with Crippen LogP contribution in [0.2, 0.25) is 0 Å². The van der Waals surface area contributed by atoms with Crippen molar-refractivity contribution >= 4 is 23.0 Å². The first kappa shape index (κ1) is 12.8. The summed E-state index contributed by atoms with van der Waals surface area (Å²) >= 11 is 0. The number of anilines is 3. The number of rotatable bonds is 3. The topological polar surface area (TPSA) is 85.6 Å². The average Bonchev–Trinajstić information content (AvgIpc) is 3.20. The Labute approximate surface area is 123 Å². The van der Waals surface area contributed by atoms with Gasteiger partial charge in [0.25, 0.3) is 5.91 Å². The lowest BCUT2D eigenvalue weighted by Gasteiger charge is -2.24. The molecule has 1 amide bonds. The van der Waals surface area contributed by atoms with Gasteiger partial charge in [-0.1, -0.05) is 0 Å².